The Labute approximate surface area is 150 Å². The Balaban J connectivity index is 1.89. The van der Waals surface area contributed by atoms with E-state index in [0.717, 1.165) is 16.3 Å². The quantitative estimate of drug-likeness (QED) is 0.737. The molecule has 6 nitrogen and oxygen atoms in total. The van der Waals surface area contributed by atoms with Gasteiger partial charge < -0.3 is 10.1 Å². The molecule has 0 aliphatic rings. The maximum Gasteiger partial charge on any atom is 0.264 e. The smallest absolute Gasteiger partial charge is 0.264 e. The molecule has 0 saturated carbocycles. The van der Waals surface area contributed by atoms with Crippen LogP contribution in [0.1, 0.15) is 26.4 Å². The van der Waals surface area contributed by atoms with Gasteiger partial charge in [-0.25, -0.2) is 4.98 Å². The van der Waals surface area contributed by atoms with Gasteiger partial charge in [0.2, 0.25) is 0 Å². The van der Waals surface area contributed by atoms with Gasteiger partial charge in [0.25, 0.3) is 5.91 Å². The lowest BCUT2D eigenvalue weighted by Crippen LogP contribution is -2.32. The molecule has 0 radical (unpaired) electrons. The predicted octanol–water partition coefficient (Wildman–Crippen LogP) is 2.97. The van der Waals surface area contributed by atoms with Crippen LogP contribution < -0.4 is 5.32 Å². The Bertz CT molecular complexity index is 857. The summed E-state index contributed by atoms with van der Waals surface area (Å²) in [6.45, 7) is 2.27. The Kier molecular flexibility index (Phi) is 5.25. The molecule has 0 spiro atoms. The number of aromatic nitrogens is 3. The van der Waals surface area contributed by atoms with Crippen LogP contribution in [0, 0.1) is 6.92 Å². The van der Waals surface area contributed by atoms with Crippen LogP contribution >= 0.6 is 11.3 Å². The fraction of sp³-hybridized carbons (Fsp3) is 0.278. The summed E-state index contributed by atoms with van der Waals surface area (Å²) in [4.78, 5) is 18.1. The largest absolute Gasteiger partial charge is 0.382 e. The molecule has 0 bridgehead atoms. The number of hydrogen-bond acceptors (Lipinski definition) is 5. The van der Waals surface area contributed by atoms with Gasteiger partial charge in [-0.3, -0.25) is 9.48 Å². The normalized spacial score (nSPS) is 12.1. The number of carbonyl (C=O) groups excluding carboxylic acids is 1. The highest BCUT2D eigenvalue weighted by atomic mass is 32.1. The predicted molar refractivity (Wildman–Crippen MR) is 97.6 cm³/mol. The molecule has 0 aliphatic carbocycles. The second kappa shape index (κ2) is 7.58. The molecular weight excluding hydrogens is 336 g/mol. The number of hydrogen-bond donors (Lipinski definition) is 1. The number of nitrogens with zero attached hydrogens (tertiary/aromatic N) is 3. The molecule has 2 aromatic heterocycles. The Morgan fingerprint density at radius 2 is 2.08 bits per heavy atom. The maximum absolute atomic E-state index is 12.9. The van der Waals surface area contributed by atoms with E-state index in [9.17, 15) is 4.79 Å². The minimum atomic E-state index is -0.281. The molecule has 1 atom stereocenters. The van der Waals surface area contributed by atoms with Gasteiger partial charge in [-0.15, -0.1) is 11.3 Å². The van der Waals surface area contributed by atoms with Crippen molar-refractivity contribution in [2.45, 2.75) is 13.0 Å². The first-order chi connectivity index (χ1) is 12.1. The van der Waals surface area contributed by atoms with E-state index in [1.807, 2.05) is 50.4 Å². The number of carbonyl (C=O) groups is 1. The van der Waals surface area contributed by atoms with Crippen molar-refractivity contribution in [3.05, 3.63) is 58.2 Å². The number of amides is 1. The second-order valence-corrected chi connectivity index (χ2v) is 6.84. The van der Waals surface area contributed by atoms with Crippen LogP contribution in [0.5, 0.6) is 0 Å². The van der Waals surface area contributed by atoms with E-state index in [-0.39, 0.29) is 11.9 Å². The lowest BCUT2D eigenvalue weighted by Gasteiger charge is -2.18. The zero-order chi connectivity index (χ0) is 17.8. The number of aryl methyl sites for hydroxylation is 2. The number of ether oxygens (including phenoxy) is 1. The van der Waals surface area contributed by atoms with E-state index in [0.29, 0.717) is 17.2 Å². The molecule has 3 rings (SSSR count). The molecule has 3 aromatic rings. The molecule has 1 amide bonds. The van der Waals surface area contributed by atoms with Crippen LogP contribution in [0.4, 0.5) is 0 Å². The van der Waals surface area contributed by atoms with E-state index in [1.165, 1.54) is 11.3 Å². The molecule has 2 heterocycles. The van der Waals surface area contributed by atoms with Crippen molar-refractivity contribution in [2.75, 3.05) is 13.7 Å². The molecule has 0 unspecified atom stereocenters. The highest BCUT2D eigenvalue weighted by Crippen LogP contribution is 2.28. The first-order valence-corrected chi connectivity index (χ1v) is 8.72. The SMILES string of the molecule is COC[C@H](NC(=O)c1sc(C)nc1-c1ccccc1)c1ccnn1C. The number of rotatable bonds is 6. The highest BCUT2D eigenvalue weighted by Gasteiger charge is 2.23. The summed E-state index contributed by atoms with van der Waals surface area (Å²) in [5.74, 6) is -0.160. The first-order valence-electron chi connectivity index (χ1n) is 7.90. The minimum absolute atomic E-state index is 0.160. The second-order valence-electron chi connectivity index (χ2n) is 5.64. The van der Waals surface area contributed by atoms with Crippen LogP contribution in [0.15, 0.2) is 42.6 Å². The van der Waals surface area contributed by atoms with Gasteiger partial charge in [-0.2, -0.15) is 5.10 Å². The van der Waals surface area contributed by atoms with Crippen molar-refractivity contribution in [1.29, 1.82) is 0 Å². The minimum Gasteiger partial charge on any atom is -0.382 e. The van der Waals surface area contributed by atoms with E-state index < -0.39 is 0 Å². The number of benzene rings is 1. The van der Waals surface area contributed by atoms with Crippen LogP contribution in [0.25, 0.3) is 11.3 Å². The topological polar surface area (TPSA) is 69.0 Å². The molecule has 7 heteroatoms. The lowest BCUT2D eigenvalue weighted by molar-refractivity contribution is 0.0897. The zero-order valence-corrected chi connectivity index (χ0v) is 15.2. The van der Waals surface area contributed by atoms with Gasteiger partial charge in [0, 0.05) is 25.9 Å². The zero-order valence-electron chi connectivity index (χ0n) is 14.4. The van der Waals surface area contributed by atoms with Gasteiger partial charge in [0.15, 0.2) is 0 Å². The van der Waals surface area contributed by atoms with Gasteiger partial charge in [-0.1, -0.05) is 30.3 Å². The Morgan fingerprint density at radius 1 is 1.32 bits per heavy atom. The lowest BCUT2D eigenvalue weighted by atomic mass is 10.1. The molecule has 130 valence electrons. The van der Waals surface area contributed by atoms with Crippen molar-refractivity contribution >= 4 is 17.2 Å². The third-order valence-corrected chi connectivity index (χ3v) is 4.81. The van der Waals surface area contributed by atoms with Crippen molar-refractivity contribution in [3.8, 4) is 11.3 Å². The van der Waals surface area contributed by atoms with E-state index in [4.69, 9.17) is 4.74 Å². The van der Waals surface area contributed by atoms with Gasteiger partial charge in [0.05, 0.1) is 29.0 Å². The Hall–Kier alpha value is -2.51. The van der Waals surface area contributed by atoms with E-state index in [1.54, 1.807) is 18.0 Å². The molecular formula is C18H20N4O2S. The highest BCUT2D eigenvalue weighted by molar-refractivity contribution is 7.14. The van der Waals surface area contributed by atoms with E-state index >= 15 is 0 Å². The summed E-state index contributed by atoms with van der Waals surface area (Å²) in [6.07, 6.45) is 1.70. The maximum atomic E-state index is 12.9. The molecule has 1 N–H and O–H groups in total. The molecule has 1 aromatic carbocycles. The summed E-state index contributed by atoms with van der Waals surface area (Å²) < 4.78 is 7.01. The van der Waals surface area contributed by atoms with Crippen molar-refractivity contribution in [2.24, 2.45) is 7.05 Å². The fourth-order valence-electron chi connectivity index (χ4n) is 2.69. The Morgan fingerprint density at radius 3 is 2.72 bits per heavy atom. The third-order valence-electron chi connectivity index (χ3n) is 3.84. The summed E-state index contributed by atoms with van der Waals surface area (Å²) in [5.41, 5.74) is 2.53. The van der Waals surface area contributed by atoms with Crippen molar-refractivity contribution in [1.82, 2.24) is 20.1 Å². The van der Waals surface area contributed by atoms with Gasteiger partial charge >= 0.3 is 0 Å². The fourth-order valence-corrected chi connectivity index (χ4v) is 3.53. The standard InChI is InChI=1S/C18H20N4O2S/c1-12-20-16(13-7-5-4-6-8-13)17(25-12)18(23)21-14(11-24-3)15-9-10-19-22(15)2/h4-10,14H,11H2,1-3H3,(H,21,23)/t14-/m0/s1. The molecule has 0 saturated heterocycles. The van der Waals surface area contributed by atoms with Crippen LogP contribution in [-0.4, -0.2) is 34.4 Å². The average molecular weight is 356 g/mol. The summed E-state index contributed by atoms with van der Waals surface area (Å²) in [6, 6.07) is 11.3. The van der Waals surface area contributed by atoms with Crippen molar-refractivity contribution in [3.63, 3.8) is 0 Å². The van der Waals surface area contributed by atoms with Crippen molar-refractivity contribution < 1.29 is 9.53 Å². The third kappa shape index (κ3) is 3.78. The molecule has 0 fully saturated rings. The van der Waals surface area contributed by atoms with Crippen LogP contribution in [0.3, 0.4) is 0 Å². The average Bonchev–Trinajstić information content (AvgIpc) is 3.21. The monoisotopic (exact) mass is 356 g/mol. The van der Waals surface area contributed by atoms with Crippen LogP contribution in [-0.2, 0) is 11.8 Å². The summed E-state index contributed by atoms with van der Waals surface area (Å²) in [5, 5.41) is 8.07. The van der Waals surface area contributed by atoms with Crippen LogP contribution in [0.2, 0.25) is 0 Å². The molecule has 0 aliphatic heterocycles. The number of thiazole rings is 1. The van der Waals surface area contributed by atoms with Gasteiger partial charge in [0.1, 0.15) is 4.88 Å². The summed E-state index contributed by atoms with van der Waals surface area (Å²) in [7, 11) is 3.46. The molecule has 25 heavy (non-hydrogen) atoms. The van der Waals surface area contributed by atoms with E-state index in [2.05, 4.69) is 15.4 Å². The summed E-state index contributed by atoms with van der Waals surface area (Å²) >= 11 is 1.39. The number of methoxy groups -OCH3 is 1. The van der Waals surface area contributed by atoms with Gasteiger partial charge in [-0.05, 0) is 13.0 Å². The number of nitrogens with one attached hydrogen (secondary N) is 1. The first kappa shape index (κ1) is 17.3.